The summed E-state index contributed by atoms with van der Waals surface area (Å²) in [6, 6.07) is 1.98. The Hall–Kier alpha value is -0.950. The van der Waals surface area contributed by atoms with Crippen LogP contribution in [0.15, 0.2) is 18.5 Å². The number of piperidine rings is 1. The second kappa shape index (κ2) is 7.55. The van der Waals surface area contributed by atoms with Crippen molar-refractivity contribution in [2.45, 2.75) is 31.4 Å². The molecule has 3 rings (SSSR count). The first-order valence-electron chi connectivity index (χ1n) is 8.44. The first-order valence-corrected chi connectivity index (χ1v) is 8.44. The Morgan fingerprint density at radius 3 is 3.00 bits per heavy atom. The Bertz CT molecular complexity index is 421. The van der Waals surface area contributed by atoms with Gasteiger partial charge in [-0.3, -0.25) is 4.68 Å². The van der Waals surface area contributed by atoms with Crippen molar-refractivity contribution in [2.24, 2.45) is 5.92 Å². The van der Waals surface area contributed by atoms with Gasteiger partial charge in [0.25, 0.3) is 0 Å². The molecule has 0 aromatic carbocycles. The zero-order valence-electron chi connectivity index (χ0n) is 13.3. The standard InChI is InChI=1S/C16H28N4O2/c21-16(12-17-6-11-22-14-16)13-19-8-2-15(3-9-19)4-10-20-7-1-5-18-20/h1,5,7,15,17,21H,2-4,6,8-14H2. The molecule has 1 atom stereocenters. The van der Waals surface area contributed by atoms with E-state index in [1.807, 2.05) is 23.1 Å². The van der Waals surface area contributed by atoms with Crippen LogP contribution in [-0.4, -0.2) is 71.3 Å². The van der Waals surface area contributed by atoms with E-state index in [1.165, 1.54) is 19.3 Å². The zero-order chi connectivity index (χ0) is 15.3. The third-order valence-electron chi connectivity index (χ3n) is 4.80. The topological polar surface area (TPSA) is 62.5 Å². The number of hydrogen-bond donors (Lipinski definition) is 2. The number of hydrogen-bond acceptors (Lipinski definition) is 5. The van der Waals surface area contributed by atoms with E-state index in [9.17, 15) is 5.11 Å². The summed E-state index contributed by atoms with van der Waals surface area (Å²) in [5.74, 6) is 0.776. The van der Waals surface area contributed by atoms with Crippen molar-refractivity contribution in [1.82, 2.24) is 20.0 Å². The van der Waals surface area contributed by atoms with E-state index in [-0.39, 0.29) is 0 Å². The molecule has 1 aromatic rings. The quantitative estimate of drug-likeness (QED) is 0.821. The molecule has 0 radical (unpaired) electrons. The zero-order valence-corrected chi connectivity index (χ0v) is 13.3. The van der Waals surface area contributed by atoms with E-state index < -0.39 is 5.60 Å². The lowest BCUT2D eigenvalue weighted by molar-refractivity contribution is -0.0535. The molecule has 2 saturated heterocycles. The first-order chi connectivity index (χ1) is 10.7. The number of aryl methyl sites for hydroxylation is 1. The van der Waals surface area contributed by atoms with Crippen molar-refractivity contribution in [3.05, 3.63) is 18.5 Å². The number of aliphatic hydroxyl groups is 1. The molecule has 0 saturated carbocycles. The Labute approximate surface area is 132 Å². The smallest absolute Gasteiger partial charge is 0.113 e. The van der Waals surface area contributed by atoms with Crippen LogP contribution in [0.25, 0.3) is 0 Å². The molecule has 1 aromatic heterocycles. The fourth-order valence-electron chi connectivity index (χ4n) is 3.48. The minimum atomic E-state index is -0.738. The van der Waals surface area contributed by atoms with Crippen LogP contribution >= 0.6 is 0 Å². The summed E-state index contributed by atoms with van der Waals surface area (Å²) in [6.45, 7) is 6.48. The van der Waals surface area contributed by atoms with Gasteiger partial charge in [0.15, 0.2) is 0 Å². The number of nitrogens with zero attached hydrogens (tertiary/aromatic N) is 3. The van der Waals surface area contributed by atoms with E-state index in [2.05, 4.69) is 15.3 Å². The van der Waals surface area contributed by atoms with Crippen molar-refractivity contribution in [3.63, 3.8) is 0 Å². The van der Waals surface area contributed by atoms with E-state index >= 15 is 0 Å². The van der Waals surface area contributed by atoms with Crippen LogP contribution in [0.2, 0.25) is 0 Å². The van der Waals surface area contributed by atoms with Crippen LogP contribution in [0, 0.1) is 5.92 Å². The minimum absolute atomic E-state index is 0.444. The van der Waals surface area contributed by atoms with Crippen molar-refractivity contribution < 1.29 is 9.84 Å². The summed E-state index contributed by atoms with van der Waals surface area (Å²) >= 11 is 0. The predicted molar refractivity (Wildman–Crippen MR) is 84.6 cm³/mol. The van der Waals surface area contributed by atoms with Gasteiger partial charge in [0.05, 0.1) is 13.2 Å². The van der Waals surface area contributed by atoms with Gasteiger partial charge in [0, 0.05) is 38.6 Å². The third kappa shape index (κ3) is 4.52. The molecule has 2 N–H and O–H groups in total. The molecule has 3 heterocycles. The molecule has 6 nitrogen and oxygen atoms in total. The fraction of sp³-hybridized carbons (Fsp3) is 0.812. The van der Waals surface area contributed by atoms with E-state index in [0.29, 0.717) is 26.3 Å². The molecule has 2 aliphatic heterocycles. The van der Waals surface area contributed by atoms with E-state index in [4.69, 9.17) is 4.74 Å². The van der Waals surface area contributed by atoms with Crippen molar-refractivity contribution in [2.75, 3.05) is 45.9 Å². The second-order valence-electron chi connectivity index (χ2n) is 6.73. The molecule has 1 unspecified atom stereocenters. The highest BCUT2D eigenvalue weighted by molar-refractivity contribution is 4.88. The predicted octanol–water partition coefficient (Wildman–Crippen LogP) is 0.336. The summed E-state index contributed by atoms with van der Waals surface area (Å²) in [7, 11) is 0. The Morgan fingerprint density at radius 2 is 2.23 bits per heavy atom. The molecule has 0 spiro atoms. The molecule has 124 valence electrons. The Morgan fingerprint density at radius 1 is 1.36 bits per heavy atom. The molecule has 2 fully saturated rings. The number of nitrogens with one attached hydrogen (secondary N) is 1. The lowest BCUT2D eigenvalue weighted by Crippen LogP contribution is -2.52. The summed E-state index contributed by atoms with van der Waals surface area (Å²) in [5, 5.41) is 18.2. The first kappa shape index (κ1) is 15.9. The Balaban J connectivity index is 1.39. The third-order valence-corrected chi connectivity index (χ3v) is 4.80. The van der Waals surface area contributed by atoms with Crippen LogP contribution in [0.3, 0.4) is 0 Å². The van der Waals surface area contributed by atoms with Gasteiger partial charge in [-0.15, -0.1) is 0 Å². The summed E-state index contributed by atoms with van der Waals surface area (Å²) in [4.78, 5) is 2.39. The highest BCUT2D eigenvalue weighted by atomic mass is 16.5. The monoisotopic (exact) mass is 308 g/mol. The largest absolute Gasteiger partial charge is 0.385 e. The molecule has 0 aliphatic carbocycles. The van der Waals surface area contributed by atoms with Crippen LogP contribution in [0.1, 0.15) is 19.3 Å². The molecule has 6 heteroatoms. The number of ether oxygens (including phenoxy) is 1. The SMILES string of the molecule is OC1(CN2CCC(CCn3cccn3)CC2)CNCCOC1. The Kier molecular flexibility index (Phi) is 5.46. The number of likely N-dealkylation sites (tertiary alicyclic amines) is 1. The van der Waals surface area contributed by atoms with Crippen LogP contribution in [0.5, 0.6) is 0 Å². The van der Waals surface area contributed by atoms with Gasteiger partial charge in [-0.2, -0.15) is 5.10 Å². The fourth-order valence-corrected chi connectivity index (χ4v) is 3.48. The number of rotatable bonds is 5. The summed E-state index contributed by atoms with van der Waals surface area (Å²) in [6.07, 6.45) is 7.50. The van der Waals surface area contributed by atoms with Crippen molar-refractivity contribution >= 4 is 0 Å². The van der Waals surface area contributed by atoms with Crippen LogP contribution in [0.4, 0.5) is 0 Å². The van der Waals surface area contributed by atoms with Crippen molar-refractivity contribution in [3.8, 4) is 0 Å². The number of aromatic nitrogens is 2. The molecule has 0 bridgehead atoms. The lowest BCUT2D eigenvalue weighted by Gasteiger charge is -2.37. The maximum absolute atomic E-state index is 10.7. The van der Waals surface area contributed by atoms with Gasteiger partial charge in [-0.25, -0.2) is 0 Å². The van der Waals surface area contributed by atoms with Gasteiger partial charge in [0.1, 0.15) is 5.60 Å². The number of β-amino-alcohol motifs (C(OH)–C–C–N with tert-alkyl or cyclic N) is 1. The van der Waals surface area contributed by atoms with Gasteiger partial charge in [0.2, 0.25) is 0 Å². The maximum Gasteiger partial charge on any atom is 0.113 e. The highest BCUT2D eigenvalue weighted by Gasteiger charge is 2.32. The average molecular weight is 308 g/mol. The average Bonchev–Trinajstić information content (AvgIpc) is 2.95. The molecular weight excluding hydrogens is 280 g/mol. The van der Waals surface area contributed by atoms with E-state index in [1.54, 1.807) is 0 Å². The normalized spacial score (nSPS) is 28.6. The van der Waals surface area contributed by atoms with E-state index in [0.717, 1.165) is 32.1 Å². The minimum Gasteiger partial charge on any atom is -0.385 e. The molecule has 2 aliphatic rings. The second-order valence-corrected chi connectivity index (χ2v) is 6.73. The highest BCUT2D eigenvalue weighted by Crippen LogP contribution is 2.22. The maximum atomic E-state index is 10.7. The molecule has 0 amide bonds. The molecule has 22 heavy (non-hydrogen) atoms. The van der Waals surface area contributed by atoms with Gasteiger partial charge < -0.3 is 20.1 Å². The lowest BCUT2D eigenvalue weighted by atomic mass is 9.92. The van der Waals surface area contributed by atoms with Crippen LogP contribution in [-0.2, 0) is 11.3 Å². The summed E-state index contributed by atoms with van der Waals surface area (Å²) < 4.78 is 7.52. The van der Waals surface area contributed by atoms with Crippen molar-refractivity contribution in [1.29, 1.82) is 0 Å². The van der Waals surface area contributed by atoms with Gasteiger partial charge in [-0.1, -0.05) is 0 Å². The molecular formula is C16H28N4O2. The van der Waals surface area contributed by atoms with Gasteiger partial charge in [-0.05, 0) is 44.3 Å². The van der Waals surface area contributed by atoms with Crippen LogP contribution < -0.4 is 5.32 Å². The van der Waals surface area contributed by atoms with Gasteiger partial charge >= 0.3 is 0 Å². The summed E-state index contributed by atoms with van der Waals surface area (Å²) in [5.41, 5.74) is -0.738.